The van der Waals surface area contributed by atoms with Gasteiger partial charge in [-0.25, -0.2) is 4.79 Å². The summed E-state index contributed by atoms with van der Waals surface area (Å²) < 4.78 is 0. The minimum atomic E-state index is -0.207. The summed E-state index contributed by atoms with van der Waals surface area (Å²) >= 11 is 0. The van der Waals surface area contributed by atoms with E-state index in [1.807, 2.05) is 42.5 Å². The van der Waals surface area contributed by atoms with Crippen LogP contribution in [0.5, 0.6) is 0 Å². The standard InChI is InChI=1S/C18H19N3O2/c22-17-9-7-14-12-13(6-8-16(14)21-17)10-11-19-18(23)20-15-4-2-1-3-5-15/h1-6,8,12H,7,9-11H2,(H,21,22)(H2,19,20,23). The van der Waals surface area contributed by atoms with Crippen LogP contribution in [0, 0.1) is 0 Å². The highest BCUT2D eigenvalue weighted by molar-refractivity contribution is 5.93. The lowest BCUT2D eigenvalue weighted by Crippen LogP contribution is -2.30. The lowest BCUT2D eigenvalue weighted by Gasteiger charge is -2.17. The van der Waals surface area contributed by atoms with Crippen molar-refractivity contribution in [2.24, 2.45) is 0 Å². The molecule has 2 aromatic carbocycles. The molecule has 0 radical (unpaired) electrons. The predicted molar refractivity (Wildman–Crippen MR) is 90.6 cm³/mol. The molecule has 118 valence electrons. The minimum Gasteiger partial charge on any atom is -0.338 e. The first kappa shape index (κ1) is 15.1. The van der Waals surface area contributed by atoms with Gasteiger partial charge in [0.15, 0.2) is 0 Å². The normalized spacial score (nSPS) is 13.0. The van der Waals surface area contributed by atoms with Crippen molar-refractivity contribution >= 4 is 23.3 Å². The summed E-state index contributed by atoms with van der Waals surface area (Å²) in [4.78, 5) is 23.1. The van der Waals surface area contributed by atoms with E-state index in [1.54, 1.807) is 0 Å². The van der Waals surface area contributed by atoms with Crippen molar-refractivity contribution in [2.75, 3.05) is 17.2 Å². The predicted octanol–water partition coefficient (Wildman–Crippen LogP) is 2.94. The number of hydrogen-bond acceptors (Lipinski definition) is 2. The smallest absolute Gasteiger partial charge is 0.319 e. The summed E-state index contributed by atoms with van der Waals surface area (Å²) in [6.45, 7) is 0.559. The molecule has 5 nitrogen and oxygen atoms in total. The Labute approximate surface area is 135 Å². The zero-order chi connectivity index (χ0) is 16.1. The Hall–Kier alpha value is -2.82. The van der Waals surface area contributed by atoms with Crippen LogP contribution in [-0.2, 0) is 17.6 Å². The SMILES string of the molecule is O=C1CCc2cc(CCNC(=O)Nc3ccccc3)ccc2N1. The monoisotopic (exact) mass is 309 g/mol. The van der Waals surface area contributed by atoms with Gasteiger partial charge < -0.3 is 16.0 Å². The van der Waals surface area contributed by atoms with Gasteiger partial charge in [-0.2, -0.15) is 0 Å². The second kappa shape index (κ2) is 6.96. The average Bonchev–Trinajstić information content (AvgIpc) is 2.56. The van der Waals surface area contributed by atoms with Gasteiger partial charge in [-0.15, -0.1) is 0 Å². The number of benzene rings is 2. The second-order valence-electron chi connectivity index (χ2n) is 5.54. The molecule has 0 fully saturated rings. The highest BCUT2D eigenvalue weighted by Gasteiger charge is 2.14. The van der Waals surface area contributed by atoms with Crippen molar-refractivity contribution < 1.29 is 9.59 Å². The molecule has 0 bridgehead atoms. The third kappa shape index (κ3) is 4.10. The number of aryl methyl sites for hydroxylation is 1. The molecular formula is C18H19N3O2. The molecule has 3 N–H and O–H groups in total. The van der Waals surface area contributed by atoms with Crippen LogP contribution in [0.25, 0.3) is 0 Å². The third-order valence-corrected chi connectivity index (χ3v) is 3.80. The molecule has 0 saturated carbocycles. The van der Waals surface area contributed by atoms with E-state index in [4.69, 9.17) is 0 Å². The van der Waals surface area contributed by atoms with Crippen LogP contribution in [0.1, 0.15) is 17.5 Å². The van der Waals surface area contributed by atoms with E-state index >= 15 is 0 Å². The number of nitrogens with one attached hydrogen (secondary N) is 3. The Morgan fingerprint density at radius 1 is 1.09 bits per heavy atom. The largest absolute Gasteiger partial charge is 0.338 e. The lowest BCUT2D eigenvalue weighted by molar-refractivity contribution is -0.116. The maximum atomic E-state index is 11.8. The van der Waals surface area contributed by atoms with E-state index in [1.165, 1.54) is 0 Å². The van der Waals surface area contributed by atoms with Gasteiger partial charge in [0, 0.05) is 24.3 Å². The fourth-order valence-corrected chi connectivity index (χ4v) is 2.61. The molecule has 23 heavy (non-hydrogen) atoms. The quantitative estimate of drug-likeness (QED) is 0.812. The third-order valence-electron chi connectivity index (χ3n) is 3.80. The molecular weight excluding hydrogens is 290 g/mol. The number of rotatable bonds is 4. The highest BCUT2D eigenvalue weighted by Crippen LogP contribution is 2.23. The van der Waals surface area contributed by atoms with Crippen LogP contribution in [-0.4, -0.2) is 18.5 Å². The summed E-state index contributed by atoms with van der Waals surface area (Å²) in [7, 11) is 0. The van der Waals surface area contributed by atoms with Crippen molar-refractivity contribution in [3.05, 3.63) is 59.7 Å². The summed E-state index contributed by atoms with van der Waals surface area (Å²) in [6, 6.07) is 15.2. The molecule has 1 aliphatic rings. The fourth-order valence-electron chi connectivity index (χ4n) is 2.61. The molecule has 2 aromatic rings. The molecule has 0 saturated heterocycles. The first-order chi connectivity index (χ1) is 11.2. The number of para-hydroxylation sites is 1. The Morgan fingerprint density at radius 3 is 2.74 bits per heavy atom. The number of fused-ring (bicyclic) bond motifs is 1. The van der Waals surface area contributed by atoms with Gasteiger partial charge in [0.1, 0.15) is 0 Å². The van der Waals surface area contributed by atoms with Gasteiger partial charge in [-0.1, -0.05) is 30.3 Å². The maximum Gasteiger partial charge on any atom is 0.319 e. The van der Waals surface area contributed by atoms with E-state index in [-0.39, 0.29) is 11.9 Å². The van der Waals surface area contributed by atoms with Crippen molar-refractivity contribution in [1.29, 1.82) is 0 Å². The van der Waals surface area contributed by atoms with Gasteiger partial charge in [-0.3, -0.25) is 4.79 Å². The molecule has 1 aliphatic heterocycles. The maximum absolute atomic E-state index is 11.8. The van der Waals surface area contributed by atoms with E-state index < -0.39 is 0 Å². The summed E-state index contributed by atoms with van der Waals surface area (Å²) in [5.41, 5.74) is 3.99. The summed E-state index contributed by atoms with van der Waals surface area (Å²) in [5.74, 6) is 0.0736. The fraction of sp³-hybridized carbons (Fsp3) is 0.222. The zero-order valence-electron chi connectivity index (χ0n) is 12.8. The van der Waals surface area contributed by atoms with Crippen molar-refractivity contribution in [3.63, 3.8) is 0 Å². The number of urea groups is 1. The van der Waals surface area contributed by atoms with Crippen LogP contribution in [0.4, 0.5) is 16.2 Å². The van der Waals surface area contributed by atoms with Gasteiger partial charge >= 0.3 is 6.03 Å². The lowest BCUT2D eigenvalue weighted by atomic mass is 9.99. The van der Waals surface area contributed by atoms with Crippen LogP contribution in [0.2, 0.25) is 0 Å². The molecule has 0 aliphatic carbocycles. The van der Waals surface area contributed by atoms with Crippen LogP contribution in [0.15, 0.2) is 48.5 Å². The first-order valence-electron chi connectivity index (χ1n) is 7.72. The molecule has 0 spiro atoms. The van der Waals surface area contributed by atoms with E-state index in [2.05, 4.69) is 22.0 Å². The molecule has 1 heterocycles. The number of carbonyl (C=O) groups excluding carboxylic acids is 2. The van der Waals surface area contributed by atoms with Crippen LogP contribution < -0.4 is 16.0 Å². The molecule has 3 rings (SSSR count). The van der Waals surface area contributed by atoms with Crippen molar-refractivity contribution in [1.82, 2.24) is 5.32 Å². The molecule has 0 unspecified atom stereocenters. The zero-order valence-corrected chi connectivity index (χ0v) is 12.8. The Morgan fingerprint density at radius 2 is 1.91 bits per heavy atom. The topological polar surface area (TPSA) is 70.2 Å². The summed E-state index contributed by atoms with van der Waals surface area (Å²) in [5, 5.41) is 8.50. The minimum absolute atomic E-state index is 0.0736. The second-order valence-corrected chi connectivity index (χ2v) is 5.54. The van der Waals surface area contributed by atoms with E-state index in [9.17, 15) is 9.59 Å². The Kier molecular flexibility index (Phi) is 4.57. The number of carbonyl (C=O) groups is 2. The van der Waals surface area contributed by atoms with E-state index in [0.29, 0.717) is 13.0 Å². The molecule has 5 heteroatoms. The average molecular weight is 309 g/mol. The van der Waals surface area contributed by atoms with Crippen LogP contribution >= 0.6 is 0 Å². The van der Waals surface area contributed by atoms with Crippen molar-refractivity contribution in [3.8, 4) is 0 Å². The molecule has 0 atom stereocenters. The van der Waals surface area contributed by atoms with Crippen LogP contribution in [0.3, 0.4) is 0 Å². The first-order valence-corrected chi connectivity index (χ1v) is 7.72. The molecule has 3 amide bonds. The number of hydrogen-bond donors (Lipinski definition) is 3. The summed E-state index contributed by atoms with van der Waals surface area (Å²) in [6.07, 6.45) is 2.06. The number of anilines is 2. The van der Waals surface area contributed by atoms with Gasteiger partial charge in [-0.05, 0) is 42.2 Å². The van der Waals surface area contributed by atoms with Crippen molar-refractivity contribution in [2.45, 2.75) is 19.3 Å². The highest BCUT2D eigenvalue weighted by atomic mass is 16.2. The van der Waals surface area contributed by atoms with Gasteiger partial charge in [0.2, 0.25) is 5.91 Å². The van der Waals surface area contributed by atoms with Gasteiger partial charge in [0.25, 0.3) is 0 Å². The van der Waals surface area contributed by atoms with Gasteiger partial charge in [0.05, 0.1) is 0 Å². The number of amides is 3. The Bertz CT molecular complexity index is 713. The Balaban J connectivity index is 1.49. The molecule has 0 aromatic heterocycles. The van der Waals surface area contributed by atoms with E-state index in [0.717, 1.165) is 35.3 Å².